The van der Waals surface area contributed by atoms with Crippen LogP contribution in [-0.2, 0) is 0 Å². The van der Waals surface area contributed by atoms with Crippen molar-refractivity contribution in [2.24, 2.45) is 0 Å². The molecule has 2 rings (SSSR count). The molecule has 1 saturated heterocycles. The van der Waals surface area contributed by atoms with Crippen molar-refractivity contribution >= 4 is 40.7 Å². The third-order valence-electron chi connectivity index (χ3n) is 2.84. The van der Waals surface area contributed by atoms with Crippen LogP contribution in [0.1, 0.15) is 18.4 Å². The molecule has 1 aromatic rings. The monoisotopic (exact) mass is 352 g/mol. The summed E-state index contributed by atoms with van der Waals surface area (Å²) in [5.41, 5.74) is 2.60. The minimum Gasteiger partial charge on any atom is -0.381 e. The molecule has 1 fully saturated rings. The van der Waals surface area contributed by atoms with Gasteiger partial charge in [-0.15, -0.1) is 12.4 Å². The minimum atomic E-state index is 0. The molecule has 1 aliphatic heterocycles. The van der Waals surface area contributed by atoms with Gasteiger partial charge in [0, 0.05) is 21.8 Å². The first kappa shape index (κ1) is 14.1. The van der Waals surface area contributed by atoms with E-state index in [4.69, 9.17) is 0 Å². The highest BCUT2D eigenvalue weighted by molar-refractivity contribution is 14.1. The van der Waals surface area contributed by atoms with Crippen molar-refractivity contribution in [2.75, 3.05) is 18.4 Å². The van der Waals surface area contributed by atoms with Crippen LogP contribution in [0.25, 0.3) is 0 Å². The molecule has 0 radical (unpaired) electrons. The molecule has 0 saturated carbocycles. The molecule has 0 spiro atoms. The molecule has 16 heavy (non-hydrogen) atoms. The molecule has 0 amide bonds. The number of hydrogen-bond acceptors (Lipinski definition) is 2. The van der Waals surface area contributed by atoms with Crippen LogP contribution in [0.15, 0.2) is 18.2 Å². The molecule has 0 aromatic heterocycles. The van der Waals surface area contributed by atoms with Crippen molar-refractivity contribution in [3.05, 3.63) is 27.3 Å². The van der Waals surface area contributed by atoms with Crippen LogP contribution < -0.4 is 10.6 Å². The predicted molar refractivity (Wildman–Crippen MR) is 80.7 cm³/mol. The highest BCUT2D eigenvalue weighted by Gasteiger charge is 2.12. The van der Waals surface area contributed by atoms with Crippen molar-refractivity contribution in [1.82, 2.24) is 5.32 Å². The van der Waals surface area contributed by atoms with Gasteiger partial charge in [-0.05, 0) is 66.6 Å². The van der Waals surface area contributed by atoms with Crippen LogP contribution in [0.3, 0.4) is 0 Å². The summed E-state index contributed by atoms with van der Waals surface area (Å²) in [6.07, 6.45) is 2.55. The van der Waals surface area contributed by atoms with Gasteiger partial charge < -0.3 is 10.6 Å². The number of aryl methyl sites for hydroxylation is 1. The Morgan fingerprint density at radius 1 is 1.44 bits per heavy atom. The number of benzene rings is 1. The van der Waals surface area contributed by atoms with Gasteiger partial charge in [0.05, 0.1) is 0 Å². The fourth-order valence-electron chi connectivity index (χ4n) is 1.89. The summed E-state index contributed by atoms with van der Waals surface area (Å²) in [7, 11) is 0. The highest BCUT2D eigenvalue weighted by atomic mass is 127. The number of anilines is 1. The predicted octanol–water partition coefficient (Wildman–Crippen LogP) is 3.19. The summed E-state index contributed by atoms with van der Waals surface area (Å²) in [5.74, 6) is 0. The van der Waals surface area contributed by atoms with Gasteiger partial charge in [0.25, 0.3) is 0 Å². The van der Waals surface area contributed by atoms with E-state index in [0.717, 1.165) is 6.54 Å². The Labute approximate surface area is 117 Å². The summed E-state index contributed by atoms with van der Waals surface area (Å²) in [6.45, 7) is 4.40. The van der Waals surface area contributed by atoms with Crippen molar-refractivity contribution < 1.29 is 0 Å². The second-order valence-corrected chi connectivity index (χ2v) is 5.31. The first-order chi connectivity index (χ1) is 7.25. The van der Waals surface area contributed by atoms with Gasteiger partial charge >= 0.3 is 0 Å². The van der Waals surface area contributed by atoms with Gasteiger partial charge in [-0.1, -0.05) is 6.07 Å². The summed E-state index contributed by atoms with van der Waals surface area (Å²) < 4.78 is 1.33. The van der Waals surface area contributed by atoms with Crippen LogP contribution in [0.2, 0.25) is 0 Å². The lowest BCUT2D eigenvalue weighted by Crippen LogP contribution is -2.38. The van der Waals surface area contributed by atoms with Gasteiger partial charge in [0.15, 0.2) is 0 Å². The van der Waals surface area contributed by atoms with E-state index in [-0.39, 0.29) is 12.4 Å². The highest BCUT2D eigenvalue weighted by Crippen LogP contribution is 2.18. The van der Waals surface area contributed by atoms with Gasteiger partial charge in [0.1, 0.15) is 0 Å². The summed E-state index contributed by atoms with van der Waals surface area (Å²) in [6, 6.07) is 7.18. The molecular weight excluding hydrogens is 335 g/mol. The van der Waals surface area contributed by atoms with Crippen molar-refractivity contribution in [2.45, 2.75) is 25.8 Å². The van der Waals surface area contributed by atoms with E-state index in [0.29, 0.717) is 6.04 Å². The van der Waals surface area contributed by atoms with Crippen molar-refractivity contribution in [3.8, 4) is 0 Å². The SMILES string of the molecule is Cc1ccc(NC2CCCNC2)cc1I.Cl. The maximum Gasteiger partial charge on any atom is 0.0386 e. The Balaban J connectivity index is 0.00000128. The van der Waals surface area contributed by atoms with E-state index >= 15 is 0 Å². The minimum absolute atomic E-state index is 0. The van der Waals surface area contributed by atoms with Gasteiger partial charge in [-0.2, -0.15) is 0 Å². The lowest BCUT2D eigenvalue weighted by atomic mass is 10.1. The Hall–Kier alpha value is -0.0000000000000000555. The summed E-state index contributed by atoms with van der Waals surface area (Å²) >= 11 is 2.39. The largest absolute Gasteiger partial charge is 0.381 e. The fourth-order valence-corrected chi connectivity index (χ4v) is 2.41. The zero-order valence-electron chi connectivity index (χ0n) is 9.42. The zero-order chi connectivity index (χ0) is 10.7. The Morgan fingerprint density at radius 3 is 2.88 bits per heavy atom. The lowest BCUT2D eigenvalue weighted by Gasteiger charge is -2.25. The lowest BCUT2D eigenvalue weighted by molar-refractivity contribution is 0.480. The van der Waals surface area contributed by atoms with E-state index in [1.165, 1.54) is 34.2 Å². The standard InChI is InChI=1S/C12H17IN2.ClH/c1-9-4-5-10(7-12(9)13)15-11-3-2-6-14-8-11;/h4-5,7,11,14-15H,2-3,6,8H2,1H3;1H. The molecule has 2 nitrogen and oxygen atoms in total. The molecule has 1 unspecified atom stereocenters. The Kier molecular flexibility index (Phi) is 5.86. The van der Waals surface area contributed by atoms with Crippen LogP contribution in [0.5, 0.6) is 0 Å². The van der Waals surface area contributed by atoms with Gasteiger partial charge in [0.2, 0.25) is 0 Å². The molecular formula is C12H18ClIN2. The van der Waals surface area contributed by atoms with E-state index in [2.05, 4.69) is 58.3 Å². The molecule has 0 aliphatic carbocycles. The zero-order valence-corrected chi connectivity index (χ0v) is 12.4. The molecule has 1 aliphatic rings. The number of hydrogen-bond donors (Lipinski definition) is 2. The van der Waals surface area contributed by atoms with Crippen LogP contribution in [-0.4, -0.2) is 19.1 Å². The third kappa shape index (κ3) is 3.79. The summed E-state index contributed by atoms with van der Waals surface area (Å²) in [4.78, 5) is 0. The molecule has 90 valence electrons. The van der Waals surface area contributed by atoms with Crippen LogP contribution >= 0.6 is 35.0 Å². The second-order valence-electron chi connectivity index (χ2n) is 4.15. The van der Waals surface area contributed by atoms with Crippen molar-refractivity contribution in [1.29, 1.82) is 0 Å². The van der Waals surface area contributed by atoms with Gasteiger partial charge in [-0.25, -0.2) is 0 Å². The maximum absolute atomic E-state index is 3.58. The van der Waals surface area contributed by atoms with E-state index in [1.54, 1.807) is 0 Å². The number of nitrogens with one attached hydrogen (secondary N) is 2. The number of halogens is 2. The molecule has 1 heterocycles. The second kappa shape index (κ2) is 6.67. The molecule has 1 aromatic carbocycles. The molecule has 1 atom stereocenters. The molecule has 0 bridgehead atoms. The molecule has 2 N–H and O–H groups in total. The average molecular weight is 353 g/mol. The number of rotatable bonds is 2. The summed E-state index contributed by atoms with van der Waals surface area (Å²) in [5, 5.41) is 7.00. The molecule has 4 heteroatoms. The first-order valence-corrected chi connectivity index (χ1v) is 6.57. The quantitative estimate of drug-likeness (QED) is 0.799. The Morgan fingerprint density at radius 2 is 2.25 bits per heavy atom. The third-order valence-corrected chi connectivity index (χ3v) is 4.00. The van der Waals surface area contributed by atoms with Crippen LogP contribution in [0, 0.1) is 10.5 Å². The van der Waals surface area contributed by atoms with Crippen molar-refractivity contribution in [3.63, 3.8) is 0 Å². The van der Waals surface area contributed by atoms with Gasteiger partial charge in [-0.3, -0.25) is 0 Å². The van der Waals surface area contributed by atoms with E-state index < -0.39 is 0 Å². The normalized spacial score (nSPS) is 20.0. The number of piperidine rings is 1. The average Bonchev–Trinajstić information content (AvgIpc) is 2.25. The smallest absolute Gasteiger partial charge is 0.0386 e. The van der Waals surface area contributed by atoms with E-state index in [9.17, 15) is 0 Å². The van der Waals surface area contributed by atoms with E-state index in [1.807, 2.05) is 0 Å². The van der Waals surface area contributed by atoms with Crippen LogP contribution in [0.4, 0.5) is 5.69 Å². The fraction of sp³-hybridized carbons (Fsp3) is 0.500. The first-order valence-electron chi connectivity index (χ1n) is 5.49. The Bertz CT molecular complexity index is 338. The maximum atomic E-state index is 3.58. The topological polar surface area (TPSA) is 24.1 Å².